The molecular weight excluding hydrogens is 586 g/mol. The molecule has 3 fully saturated rings. The normalized spacial score (nSPS) is 26.3. The summed E-state index contributed by atoms with van der Waals surface area (Å²) in [5, 5.41) is 3.66. The lowest BCUT2D eigenvalue weighted by atomic mass is 9.85. The smallest absolute Gasteiger partial charge is 0.416 e. The summed E-state index contributed by atoms with van der Waals surface area (Å²) >= 11 is 0. The number of alkyl halides is 3. The fraction of sp³-hybridized carbons (Fsp3) is 0.633. The Morgan fingerprint density at radius 2 is 1.81 bits per heavy atom. The first-order valence-corrected chi connectivity index (χ1v) is 16.5. The first kappa shape index (κ1) is 33.1. The fourth-order valence-electron chi connectivity index (χ4n) is 6.22. The van der Waals surface area contributed by atoms with Crippen LogP contribution in [0, 0.1) is 11.3 Å². The number of ether oxygens (including phenoxy) is 1. The van der Waals surface area contributed by atoms with Gasteiger partial charge in [-0.3, -0.25) is 14.2 Å². The molecule has 4 rings (SSSR count). The van der Waals surface area contributed by atoms with Crippen LogP contribution < -0.4 is 10.6 Å². The third-order valence-corrected chi connectivity index (χ3v) is 11.4. The lowest BCUT2D eigenvalue weighted by Crippen LogP contribution is -2.58. The zero-order valence-corrected chi connectivity index (χ0v) is 25.7. The highest BCUT2D eigenvalue weighted by Crippen LogP contribution is 2.71. The van der Waals surface area contributed by atoms with Crippen molar-refractivity contribution in [1.29, 1.82) is 0 Å². The van der Waals surface area contributed by atoms with Gasteiger partial charge < -0.3 is 25.2 Å². The number of benzene rings is 1. The zero-order chi connectivity index (χ0) is 31.8. The highest BCUT2D eigenvalue weighted by molar-refractivity contribution is 7.59. The third-order valence-electron chi connectivity index (χ3n) is 8.73. The first-order chi connectivity index (χ1) is 20.0. The predicted octanol–water partition coefficient (Wildman–Crippen LogP) is 5.57. The molecule has 1 saturated heterocycles. The van der Waals surface area contributed by atoms with Crippen molar-refractivity contribution in [2.45, 2.75) is 102 Å². The number of nitrogens with one attached hydrogen (secondary N) is 2. The number of halogens is 3. The van der Waals surface area contributed by atoms with Crippen LogP contribution in [0.4, 0.5) is 18.0 Å². The molecule has 0 aromatic heterocycles. The number of rotatable bonds is 9. The summed E-state index contributed by atoms with van der Waals surface area (Å²) < 4.78 is 60.1. The van der Waals surface area contributed by atoms with Gasteiger partial charge in [0.15, 0.2) is 0 Å². The van der Waals surface area contributed by atoms with Gasteiger partial charge in [-0.25, -0.2) is 4.79 Å². The highest BCUT2D eigenvalue weighted by Gasteiger charge is 2.65. The van der Waals surface area contributed by atoms with Crippen molar-refractivity contribution in [3.63, 3.8) is 0 Å². The molecule has 5 atom stereocenters. The standard InChI is InChI=1S/C30H41F3N3O6P/c1-5-20-17-29(20,43(40,41)18-19-11-6-9-14-22(19)30(31,32)33)35-25(37)23-15-10-16-36(23)26(38)24(28(2,3)4)34-27(39)42-21-12-7-8-13-21/h5-6,9,11,14,20-21,23-24H,1,7-8,10,12-13,15-18H2,2-4H3,(H,34,39)(H,35,37)(H,40,41)/t20-,23+,24-,29+/m1/s1. The van der Waals surface area contributed by atoms with E-state index < -0.39 is 71.9 Å². The van der Waals surface area contributed by atoms with E-state index in [1.165, 1.54) is 23.1 Å². The van der Waals surface area contributed by atoms with E-state index in [9.17, 15) is 37.0 Å². The Kier molecular flexibility index (Phi) is 9.43. The SMILES string of the molecule is C=C[C@@H]1C[C@]1(NC(=O)[C@@H]1CCCN1C(=O)[C@@H](NC(=O)OC1CCCC1)C(C)(C)C)P(=O)(O)Cc1ccccc1C(F)(F)F. The molecular formula is C30H41F3N3O6P. The summed E-state index contributed by atoms with van der Waals surface area (Å²) in [7, 11) is -4.47. The third kappa shape index (κ3) is 7.11. The van der Waals surface area contributed by atoms with E-state index in [0.717, 1.165) is 37.8 Å². The summed E-state index contributed by atoms with van der Waals surface area (Å²) in [5.74, 6) is -1.79. The topological polar surface area (TPSA) is 125 Å². The second kappa shape index (κ2) is 12.3. The van der Waals surface area contributed by atoms with Crippen molar-refractivity contribution in [3.8, 4) is 0 Å². The predicted molar refractivity (Wildman–Crippen MR) is 154 cm³/mol. The van der Waals surface area contributed by atoms with Crippen LogP contribution in [0.3, 0.4) is 0 Å². The molecule has 0 bridgehead atoms. The van der Waals surface area contributed by atoms with Gasteiger partial charge in [-0.05, 0) is 62.0 Å². The Morgan fingerprint density at radius 1 is 1.16 bits per heavy atom. The van der Waals surface area contributed by atoms with Crippen LogP contribution >= 0.6 is 7.37 Å². The van der Waals surface area contributed by atoms with Crippen LogP contribution in [-0.4, -0.2) is 57.7 Å². The number of hydrogen-bond acceptors (Lipinski definition) is 5. The Morgan fingerprint density at radius 3 is 2.40 bits per heavy atom. The Balaban J connectivity index is 1.52. The van der Waals surface area contributed by atoms with Gasteiger partial charge in [0.1, 0.15) is 23.5 Å². The number of alkyl carbamates (subject to hydrolysis) is 1. The number of carbonyl (C=O) groups excluding carboxylic acids is 3. The number of hydrogen-bond donors (Lipinski definition) is 3. The minimum atomic E-state index is -4.72. The minimum Gasteiger partial charge on any atom is -0.446 e. The average Bonchev–Trinajstić information content (AvgIpc) is 3.23. The maximum atomic E-state index is 13.8. The molecule has 0 spiro atoms. The van der Waals surface area contributed by atoms with E-state index >= 15 is 0 Å². The maximum Gasteiger partial charge on any atom is 0.416 e. The van der Waals surface area contributed by atoms with Crippen LogP contribution in [0.15, 0.2) is 36.9 Å². The van der Waals surface area contributed by atoms with Gasteiger partial charge in [-0.15, -0.1) is 6.58 Å². The molecule has 13 heteroatoms. The monoisotopic (exact) mass is 627 g/mol. The molecule has 1 aliphatic heterocycles. The molecule has 2 saturated carbocycles. The van der Waals surface area contributed by atoms with E-state index in [1.807, 2.05) is 0 Å². The Labute approximate surface area is 250 Å². The molecule has 9 nitrogen and oxygen atoms in total. The van der Waals surface area contributed by atoms with Gasteiger partial charge in [0.2, 0.25) is 19.2 Å². The van der Waals surface area contributed by atoms with Crippen molar-refractivity contribution in [2.75, 3.05) is 6.54 Å². The van der Waals surface area contributed by atoms with E-state index in [0.29, 0.717) is 6.42 Å². The molecule has 3 amide bonds. The van der Waals surface area contributed by atoms with Gasteiger partial charge >= 0.3 is 12.3 Å². The molecule has 1 aromatic rings. The molecule has 3 aliphatic rings. The minimum absolute atomic E-state index is 0.0318. The van der Waals surface area contributed by atoms with Crippen LogP contribution in [0.2, 0.25) is 0 Å². The molecule has 238 valence electrons. The van der Waals surface area contributed by atoms with Gasteiger partial charge in [0.25, 0.3) is 0 Å². The molecule has 0 radical (unpaired) electrons. The summed E-state index contributed by atoms with van der Waals surface area (Å²) in [5.41, 5.74) is -2.08. The Hall–Kier alpha value is -2.85. The summed E-state index contributed by atoms with van der Waals surface area (Å²) in [6.45, 7) is 9.26. The lowest BCUT2D eigenvalue weighted by molar-refractivity contribution is -0.142. The molecule has 43 heavy (non-hydrogen) atoms. The molecule has 3 N–H and O–H groups in total. The second-order valence-corrected chi connectivity index (χ2v) is 15.4. The van der Waals surface area contributed by atoms with E-state index in [1.54, 1.807) is 20.8 Å². The number of nitrogens with zero attached hydrogens (tertiary/aromatic N) is 1. The van der Waals surface area contributed by atoms with Crippen molar-refractivity contribution < 1.29 is 41.8 Å². The van der Waals surface area contributed by atoms with Gasteiger partial charge in [0, 0.05) is 12.5 Å². The van der Waals surface area contributed by atoms with Crippen LogP contribution in [-0.2, 0) is 31.2 Å². The summed E-state index contributed by atoms with van der Waals surface area (Å²) in [6.07, 6.45) is -0.752. The van der Waals surface area contributed by atoms with E-state index in [4.69, 9.17) is 4.74 Å². The molecule has 1 heterocycles. The number of amides is 3. The van der Waals surface area contributed by atoms with Crippen LogP contribution in [0.1, 0.15) is 76.8 Å². The molecule has 2 aliphatic carbocycles. The Bertz CT molecular complexity index is 1290. The summed E-state index contributed by atoms with van der Waals surface area (Å²) in [6, 6.07) is 2.57. The van der Waals surface area contributed by atoms with Crippen molar-refractivity contribution in [1.82, 2.24) is 15.5 Å². The highest BCUT2D eigenvalue weighted by atomic mass is 31.2. The molecule has 1 unspecified atom stereocenters. The zero-order valence-electron chi connectivity index (χ0n) is 24.8. The largest absolute Gasteiger partial charge is 0.446 e. The second-order valence-electron chi connectivity index (χ2n) is 12.9. The maximum absolute atomic E-state index is 13.8. The quantitative estimate of drug-likeness (QED) is 0.243. The average molecular weight is 628 g/mol. The van der Waals surface area contributed by atoms with Gasteiger partial charge in [0.05, 0.1) is 11.7 Å². The summed E-state index contributed by atoms with van der Waals surface area (Å²) in [4.78, 5) is 52.7. The van der Waals surface area contributed by atoms with Crippen LogP contribution in [0.5, 0.6) is 0 Å². The van der Waals surface area contributed by atoms with E-state index in [2.05, 4.69) is 17.2 Å². The van der Waals surface area contributed by atoms with E-state index in [-0.39, 0.29) is 31.1 Å². The fourth-order valence-corrected chi connectivity index (χ4v) is 8.63. The van der Waals surface area contributed by atoms with Crippen molar-refractivity contribution in [3.05, 3.63) is 48.0 Å². The van der Waals surface area contributed by atoms with Crippen LogP contribution in [0.25, 0.3) is 0 Å². The number of carbonyl (C=O) groups is 3. The number of likely N-dealkylation sites (tertiary alicyclic amines) is 1. The lowest BCUT2D eigenvalue weighted by Gasteiger charge is -2.36. The first-order valence-electron chi connectivity index (χ1n) is 14.7. The van der Waals surface area contributed by atoms with Crippen molar-refractivity contribution >= 4 is 25.3 Å². The van der Waals surface area contributed by atoms with Crippen molar-refractivity contribution in [2.24, 2.45) is 11.3 Å². The molecule has 1 aromatic carbocycles. The van der Waals surface area contributed by atoms with Gasteiger partial charge in [-0.1, -0.05) is 45.0 Å². The van der Waals surface area contributed by atoms with Gasteiger partial charge in [-0.2, -0.15) is 13.2 Å².